The normalized spacial score (nSPS) is 19.8. The second kappa shape index (κ2) is 7.21. The molecule has 1 unspecified atom stereocenters. The van der Waals surface area contributed by atoms with Crippen molar-refractivity contribution in [3.63, 3.8) is 0 Å². The van der Waals surface area contributed by atoms with E-state index in [-0.39, 0.29) is 5.82 Å². The Bertz CT molecular complexity index is 410. The van der Waals surface area contributed by atoms with E-state index in [1.54, 1.807) is 12.1 Å². The smallest absolute Gasteiger partial charge is 0.126 e. The van der Waals surface area contributed by atoms with Gasteiger partial charge in [-0.05, 0) is 49.3 Å². The van der Waals surface area contributed by atoms with E-state index in [4.69, 9.17) is 0 Å². The molecule has 0 bridgehead atoms. The molecule has 1 nitrogen and oxygen atoms in total. The first-order valence-corrected chi connectivity index (χ1v) is 8.12. The second-order valence-electron chi connectivity index (χ2n) is 6.52. The Morgan fingerprint density at radius 3 is 2.55 bits per heavy atom. The van der Waals surface area contributed by atoms with Crippen LogP contribution in [0.2, 0.25) is 0 Å². The van der Waals surface area contributed by atoms with Crippen molar-refractivity contribution in [3.05, 3.63) is 35.6 Å². The maximum Gasteiger partial charge on any atom is 0.126 e. The molecule has 1 aliphatic rings. The van der Waals surface area contributed by atoms with Crippen LogP contribution in [0.4, 0.5) is 4.39 Å². The summed E-state index contributed by atoms with van der Waals surface area (Å²) in [7, 11) is 0. The predicted molar refractivity (Wildman–Crippen MR) is 83.4 cm³/mol. The zero-order chi connectivity index (χ0) is 14.4. The zero-order valence-corrected chi connectivity index (χ0v) is 12.9. The predicted octanol–water partition coefficient (Wildman–Crippen LogP) is 4.71. The lowest BCUT2D eigenvalue weighted by atomic mass is 9.69. The Hall–Kier alpha value is -0.890. The number of benzene rings is 1. The van der Waals surface area contributed by atoms with Crippen molar-refractivity contribution in [2.75, 3.05) is 6.54 Å². The van der Waals surface area contributed by atoms with E-state index in [0.29, 0.717) is 11.5 Å². The summed E-state index contributed by atoms with van der Waals surface area (Å²) < 4.78 is 13.9. The van der Waals surface area contributed by atoms with Crippen LogP contribution in [-0.2, 0) is 6.42 Å². The molecule has 2 heteroatoms. The summed E-state index contributed by atoms with van der Waals surface area (Å²) in [6, 6.07) is 7.62. The lowest BCUT2D eigenvalue weighted by molar-refractivity contribution is 0.143. The van der Waals surface area contributed by atoms with Gasteiger partial charge < -0.3 is 5.32 Å². The summed E-state index contributed by atoms with van der Waals surface area (Å²) in [6.45, 7) is 5.60. The van der Waals surface area contributed by atoms with Crippen molar-refractivity contribution in [1.82, 2.24) is 5.32 Å². The van der Waals surface area contributed by atoms with Crippen molar-refractivity contribution in [3.8, 4) is 0 Å². The molecule has 0 spiro atoms. The molecule has 20 heavy (non-hydrogen) atoms. The Kier molecular flexibility index (Phi) is 5.59. The van der Waals surface area contributed by atoms with E-state index in [9.17, 15) is 4.39 Å². The summed E-state index contributed by atoms with van der Waals surface area (Å²) in [6.07, 6.45) is 8.46. The molecule has 1 fully saturated rings. The minimum atomic E-state index is -0.0600. The molecule has 2 rings (SSSR count). The minimum Gasteiger partial charge on any atom is -0.313 e. The van der Waals surface area contributed by atoms with Crippen LogP contribution in [0, 0.1) is 11.2 Å². The second-order valence-corrected chi connectivity index (χ2v) is 6.52. The third-order valence-electron chi connectivity index (χ3n) is 4.86. The summed E-state index contributed by atoms with van der Waals surface area (Å²) in [5.41, 5.74) is 1.17. The number of hydrogen-bond acceptors (Lipinski definition) is 1. The van der Waals surface area contributed by atoms with Crippen LogP contribution < -0.4 is 5.32 Å². The molecule has 0 amide bonds. The third kappa shape index (κ3) is 3.82. The van der Waals surface area contributed by atoms with Crippen LogP contribution in [0.15, 0.2) is 24.3 Å². The van der Waals surface area contributed by atoms with Crippen LogP contribution in [-0.4, -0.2) is 12.6 Å². The van der Waals surface area contributed by atoms with E-state index in [1.807, 2.05) is 12.1 Å². The monoisotopic (exact) mass is 277 g/mol. The molecule has 0 heterocycles. The Morgan fingerprint density at radius 2 is 1.90 bits per heavy atom. The Morgan fingerprint density at radius 1 is 1.20 bits per heavy atom. The molecule has 1 N–H and O–H groups in total. The molecule has 0 aromatic heterocycles. The van der Waals surface area contributed by atoms with Crippen molar-refractivity contribution < 1.29 is 4.39 Å². The van der Waals surface area contributed by atoms with E-state index in [0.717, 1.165) is 24.9 Å². The highest BCUT2D eigenvalue weighted by Gasteiger charge is 2.35. The largest absolute Gasteiger partial charge is 0.313 e. The highest BCUT2D eigenvalue weighted by Crippen LogP contribution is 2.40. The number of halogens is 1. The van der Waals surface area contributed by atoms with Crippen LogP contribution in [0.25, 0.3) is 0 Å². The molecule has 1 saturated carbocycles. The van der Waals surface area contributed by atoms with Gasteiger partial charge in [0.25, 0.3) is 0 Å². The molecular formula is C18H28FN. The fourth-order valence-corrected chi connectivity index (χ4v) is 3.48. The van der Waals surface area contributed by atoms with Gasteiger partial charge in [0.1, 0.15) is 5.82 Å². The lowest BCUT2D eigenvalue weighted by Crippen LogP contribution is -2.46. The standard InChI is InChI=1S/C18H28FN/c1-3-13-20-17(18(2)11-7-4-8-12-18)14-15-9-5-6-10-16(15)19/h5-6,9-10,17,20H,3-4,7-8,11-14H2,1-2H3. The van der Waals surface area contributed by atoms with Crippen molar-refractivity contribution in [2.24, 2.45) is 5.41 Å². The highest BCUT2D eigenvalue weighted by atomic mass is 19.1. The molecule has 1 aromatic carbocycles. The van der Waals surface area contributed by atoms with Gasteiger partial charge in [-0.3, -0.25) is 0 Å². The molecule has 0 radical (unpaired) electrons. The van der Waals surface area contributed by atoms with Gasteiger partial charge in [0.2, 0.25) is 0 Å². The van der Waals surface area contributed by atoms with Crippen LogP contribution in [0.1, 0.15) is 57.9 Å². The topological polar surface area (TPSA) is 12.0 Å². The van der Waals surface area contributed by atoms with Crippen LogP contribution in [0.5, 0.6) is 0 Å². The maximum atomic E-state index is 13.9. The van der Waals surface area contributed by atoms with E-state index in [1.165, 1.54) is 32.1 Å². The quantitative estimate of drug-likeness (QED) is 0.794. The zero-order valence-electron chi connectivity index (χ0n) is 12.9. The number of nitrogens with one attached hydrogen (secondary N) is 1. The van der Waals surface area contributed by atoms with E-state index in [2.05, 4.69) is 19.2 Å². The molecule has 0 saturated heterocycles. The van der Waals surface area contributed by atoms with Crippen molar-refractivity contribution >= 4 is 0 Å². The van der Waals surface area contributed by atoms with Crippen molar-refractivity contribution in [2.45, 2.75) is 64.8 Å². The van der Waals surface area contributed by atoms with Gasteiger partial charge in [0.05, 0.1) is 0 Å². The number of hydrogen-bond donors (Lipinski definition) is 1. The maximum absolute atomic E-state index is 13.9. The van der Waals surface area contributed by atoms with Gasteiger partial charge in [-0.15, -0.1) is 0 Å². The SMILES string of the molecule is CCCNC(Cc1ccccc1F)C1(C)CCCCC1. The molecular weight excluding hydrogens is 249 g/mol. The highest BCUT2D eigenvalue weighted by molar-refractivity contribution is 5.19. The van der Waals surface area contributed by atoms with Gasteiger partial charge in [-0.25, -0.2) is 4.39 Å². The average Bonchev–Trinajstić information content (AvgIpc) is 2.46. The summed E-state index contributed by atoms with van der Waals surface area (Å²) in [5, 5.41) is 3.69. The van der Waals surface area contributed by atoms with Gasteiger partial charge in [-0.1, -0.05) is 51.3 Å². The lowest BCUT2D eigenvalue weighted by Gasteiger charge is -2.41. The summed E-state index contributed by atoms with van der Waals surface area (Å²) >= 11 is 0. The van der Waals surface area contributed by atoms with E-state index < -0.39 is 0 Å². The first-order chi connectivity index (χ1) is 9.65. The Balaban J connectivity index is 2.12. The number of rotatable bonds is 6. The summed E-state index contributed by atoms with van der Waals surface area (Å²) in [4.78, 5) is 0. The fourth-order valence-electron chi connectivity index (χ4n) is 3.48. The van der Waals surface area contributed by atoms with E-state index >= 15 is 0 Å². The first kappa shape index (κ1) is 15.5. The molecule has 1 aliphatic carbocycles. The molecule has 1 aromatic rings. The van der Waals surface area contributed by atoms with Gasteiger partial charge >= 0.3 is 0 Å². The first-order valence-electron chi connectivity index (χ1n) is 8.12. The van der Waals surface area contributed by atoms with Crippen LogP contribution >= 0.6 is 0 Å². The minimum absolute atomic E-state index is 0.0600. The molecule has 0 aliphatic heterocycles. The van der Waals surface area contributed by atoms with Gasteiger partial charge in [0, 0.05) is 6.04 Å². The Labute approximate surface area is 123 Å². The molecule has 112 valence electrons. The van der Waals surface area contributed by atoms with Gasteiger partial charge in [-0.2, -0.15) is 0 Å². The molecule has 1 atom stereocenters. The van der Waals surface area contributed by atoms with Gasteiger partial charge in [0.15, 0.2) is 0 Å². The third-order valence-corrected chi connectivity index (χ3v) is 4.86. The van der Waals surface area contributed by atoms with Crippen molar-refractivity contribution in [1.29, 1.82) is 0 Å². The van der Waals surface area contributed by atoms with Crippen LogP contribution in [0.3, 0.4) is 0 Å². The average molecular weight is 277 g/mol. The fraction of sp³-hybridized carbons (Fsp3) is 0.667. The summed E-state index contributed by atoms with van der Waals surface area (Å²) in [5.74, 6) is -0.0600.